The van der Waals surface area contributed by atoms with Gasteiger partial charge in [-0.1, -0.05) is 12.1 Å². The summed E-state index contributed by atoms with van der Waals surface area (Å²) in [5, 5.41) is 0. The van der Waals surface area contributed by atoms with Crippen LogP contribution in [0.4, 0.5) is 8.78 Å². The van der Waals surface area contributed by atoms with Gasteiger partial charge in [0, 0.05) is 5.92 Å². The summed E-state index contributed by atoms with van der Waals surface area (Å²) in [5.41, 5.74) is 0.312. The summed E-state index contributed by atoms with van der Waals surface area (Å²) in [4.78, 5) is 0. The maximum absolute atomic E-state index is 13.2. The summed E-state index contributed by atoms with van der Waals surface area (Å²) in [5.74, 6) is -1.04. The van der Waals surface area contributed by atoms with E-state index in [-0.39, 0.29) is 0 Å². The number of alkyl halides is 1. The van der Waals surface area contributed by atoms with Crippen molar-refractivity contribution in [3.63, 3.8) is 0 Å². The van der Waals surface area contributed by atoms with Gasteiger partial charge in [-0.05, 0) is 34.5 Å². The number of benzene rings is 1. The van der Waals surface area contributed by atoms with Crippen LogP contribution in [0.2, 0.25) is 0 Å². The summed E-state index contributed by atoms with van der Waals surface area (Å²) >= 11 is 3.02. The Morgan fingerprint density at radius 2 is 2.17 bits per heavy atom. The number of halogens is 3. The fraction of sp³-hybridized carbons (Fsp3) is 0.222. The van der Waals surface area contributed by atoms with E-state index in [2.05, 4.69) is 22.9 Å². The molecule has 0 aromatic heterocycles. The second-order valence-electron chi connectivity index (χ2n) is 2.49. The van der Waals surface area contributed by atoms with Crippen molar-refractivity contribution in [1.29, 1.82) is 0 Å². The molecule has 0 aliphatic carbocycles. The van der Waals surface area contributed by atoms with E-state index in [1.807, 2.05) is 0 Å². The average molecular weight is 234 g/mol. The van der Waals surface area contributed by atoms with Crippen LogP contribution in [0.25, 0.3) is 0 Å². The first-order valence-electron chi connectivity index (χ1n) is 3.49. The Balaban J connectivity index is 3.07. The summed E-state index contributed by atoms with van der Waals surface area (Å²) in [6.07, 6.45) is 0. The van der Waals surface area contributed by atoms with Gasteiger partial charge in [0.1, 0.15) is 5.82 Å². The van der Waals surface area contributed by atoms with E-state index in [0.717, 1.165) is 0 Å². The maximum Gasteiger partial charge on any atom is 0.140 e. The normalized spacial score (nSPS) is 13.0. The van der Waals surface area contributed by atoms with Crippen LogP contribution in [0.3, 0.4) is 0 Å². The lowest BCUT2D eigenvalue weighted by molar-refractivity contribution is 0.454. The van der Waals surface area contributed by atoms with Crippen molar-refractivity contribution < 1.29 is 8.78 Å². The molecule has 3 heteroatoms. The quantitative estimate of drug-likeness (QED) is 0.734. The molecule has 0 N–H and O–H groups in total. The van der Waals surface area contributed by atoms with E-state index >= 15 is 0 Å². The third kappa shape index (κ3) is 1.83. The first kappa shape index (κ1) is 9.65. The highest BCUT2D eigenvalue weighted by Gasteiger charge is 2.12. The third-order valence-electron chi connectivity index (χ3n) is 1.61. The molecular formula is C9H8BrF2. The smallest absolute Gasteiger partial charge is 0.140 e. The van der Waals surface area contributed by atoms with Gasteiger partial charge in [0.25, 0.3) is 0 Å². The zero-order valence-corrected chi connectivity index (χ0v) is 7.94. The van der Waals surface area contributed by atoms with Crippen LogP contribution in [0, 0.1) is 12.7 Å². The highest BCUT2D eigenvalue weighted by Crippen LogP contribution is 2.24. The lowest BCUT2D eigenvalue weighted by Gasteiger charge is -2.08. The minimum absolute atomic E-state index is 0.312. The topological polar surface area (TPSA) is 0 Å². The predicted molar refractivity (Wildman–Crippen MR) is 48.2 cm³/mol. The zero-order valence-electron chi connectivity index (χ0n) is 6.36. The van der Waals surface area contributed by atoms with Gasteiger partial charge >= 0.3 is 0 Å². The molecule has 1 aromatic carbocycles. The molecule has 1 radical (unpaired) electrons. The van der Waals surface area contributed by atoms with Crippen molar-refractivity contribution in [1.82, 2.24) is 0 Å². The summed E-state index contributed by atoms with van der Waals surface area (Å²) < 4.78 is 25.7. The SMILES string of the molecule is [CH2]C(CF)c1cccc(Br)c1F. The lowest BCUT2D eigenvalue weighted by atomic mass is 10.0. The van der Waals surface area contributed by atoms with Gasteiger partial charge in [0.05, 0.1) is 11.1 Å². The molecule has 0 aliphatic rings. The lowest BCUT2D eigenvalue weighted by Crippen LogP contribution is -1.99. The first-order chi connectivity index (χ1) is 5.66. The second-order valence-corrected chi connectivity index (χ2v) is 3.35. The van der Waals surface area contributed by atoms with Gasteiger partial charge in [0.2, 0.25) is 0 Å². The molecule has 0 saturated carbocycles. The van der Waals surface area contributed by atoms with E-state index in [0.29, 0.717) is 10.0 Å². The van der Waals surface area contributed by atoms with E-state index < -0.39 is 18.4 Å². The molecule has 0 saturated heterocycles. The molecule has 0 spiro atoms. The van der Waals surface area contributed by atoms with E-state index in [1.54, 1.807) is 12.1 Å². The summed E-state index contributed by atoms with van der Waals surface area (Å²) in [7, 11) is 0. The van der Waals surface area contributed by atoms with Crippen molar-refractivity contribution in [3.8, 4) is 0 Å². The minimum atomic E-state index is -0.645. The predicted octanol–water partition coefficient (Wildman–Crippen LogP) is 3.48. The van der Waals surface area contributed by atoms with Crippen LogP contribution in [0.15, 0.2) is 22.7 Å². The first-order valence-corrected chi connectivity index (χ1v) is 4.29. The molecule has 0 nitrogen and oxygen atoms in total. The third-order valence-corrected chi connectivity index (χ3v) is 2.22. The summed E-state index contributed by atoms with van der Waals surface area (Å²) in [6, 6.07) is 4.78. The number of hydrogen-bond donors (Lipinski definition) is 0. The van der Waals surface area contributed by atoms with Crippen LogP contribution < -0.4 is 0 Å². The molecule has 0 aliphatic heterocycles. The fourth-order valence-electron chi connectivity index (χ4n) is 0.919. The molecule has 1 rings (SSSR count). The highest BCUT2D eigenvalue weighted by molar-refractivity contribution is 9.10. The monoisotopic (exact) mass is 233 g/mol. The molecule has 0 amide bonds. The summed E-state index contributed by atoms with van der Waals surface area (Å²) in [6.45, 7) is 2.85. The molecule has 65 valence electrons. The standard InChI is InChI=1S/C9H8BrF2/c1-6(5-11)7-3-2-4-8(10)9(7)12/h2-4,6H,1,5H2. The van der Waals surface area contributed by atoms with Gasteiger partial charge in [-0.25, -0.2) is 4.39 Å². The Bertz CT molecular complexity index is 273. The van der Waals surface area contributed by atoms with Gasteiger partial charge in [-0.2, -0.15) is 0 Å². The van der Waals surface area contributed by atoms with Crippen LogP contribution >= 0.6 is 15.9 Å². The number of hydrogen-bond acceptors (Lipinski definition) is 0. The van der Waals surface area contributed by atoms with Crippen molar-refractivity contribution in [3.05, 3.63) is 41.0 Å². The van der Waals surface area contributed by atoms with E-state index in [9.17, 15) is 8.78 Å². The Morgan fingerprint density at radius 3 is 2.75 bits per heavy atom. The molecule has 0 fully saturated rings. The molecule has 0 heterocycles. The Kier molecular flexibility index (Phi) is 3.20. The Hall–Kier alpha value is -0.440. The van der Waals surface area contributed by atoms with Gasteiger partial charge < -0.3 is 0 Å². The number of rotatable bonds is 2. The van der Waals surface area contributed by atoms with Crippen molar-refractivity contribution >= 4 is 15.9 Å². The molecule has 1 unspecified atom stereocenters. The van der Waals surface area contributed by atoms with Gasteiger partial charge in [-0.3, -0.25) is 4.39 Å². The molecule has 12 heavy (non-hydrogen) atoms. The van der Waals surface area contributed by atoms with Gasteiger partial charge in [-0.15, -0.1) is 0 Å². The van der Waals surface area contributed by atoms with Gasteiger partial charge in [0.15, 0.2) is 0 Å². The van der Waals surface area contributed by atoms with Crippen molar-refractivity contribution in [2.24, 2.45) is 0 Å². The molecular weight excluding hydrogens is 226 g/mol. The van der Waals surface area contributed by atoms with E-state index in [4.69, 9.17) is 0 Å². The van der Waals surface area contributed by atoms with Crippen LogP contribution in [-0.2, 0) is 0 Å². The zero-order chi connectivity index (χ0) is 9.14. The van der Waals surface area contributed by atoms with Crippen LogP contribution in [0.1, 0.15) is 11.5 Å². The molecule has 0 bridgehead atoms. The van der Waals surface area contributed by atoms with Crippen molar-refractivity contribution in [2.75, 3.05) is 6.67 Å². The second kappa shape index (κ2) is 3.99. The largest absolute Gasteiger partial charge is 0.250 e. The average Bonchev–Trinajstić information content (AvgIpc) is 2.08. The van der Waals surface area contributed by atoms with Crippen LogP contribution in [0.5, 0.6) is 0 Å². The van der Waals surface area contributed by atoms with Crippen LogP contribution in [-0.4, -0.2) is 6.67 Å². The highest BCUT2D eigenvalue weighted by atomic mass is 79.9. The molecule has 1 atom stereocenters. The Labute approximate surface area is 78.7 Å². The fourth-order valence-corrected chi connectivity index (χ4v) is 1.30. The molecule has 1 aromatic rings. The Morgan fingerprint density at radius 1 is 1.50 bits per heavy atom. The van der Waals surface area contributed by atoms with E-state index in [1.165, 1.54) is 6.07 Å². The van der Waals surface area contributed by atoms with Crippen molar-refractivity contribution in [2.45, 2.75) is 5.92 Å². The maximum atomic E-state index is 13.2. The minimum Gasteiger partial charge on any atom is -0.250 e.